The van der Waals surface area contributed by atoms with Crippen LogP contribution in [0.25, 0.3) is 6.08 Å². The zero-order chi connectivity index (χ0) is 11.4. The Morgan fingerprint density at radius 3 is 2.75 bits per heavy atom. The Kier molecular flexibility index (Phi) is 3.47. The summed E-state index contributed by atoms with van der Waals surface area (Å²) in [6.07, 6.45) is 6.30. The number of hydrogen-bond acceptors (Lipinski definition) is 3. The van der Waals surface area contributed by atoms with E-state index in [9.17, 15) is 0 Å². The monoisotopic (exact) mass is 220 g/mol. The molecule has 86 valence electrons. The van der Waals surface area contributed by atoms with Crippen LogP contribution in [0.2, 0.25) is 0 Å². The van der Waals surface area contributed by atoms with Crippen LogP contribution in [-0.4, -0.2) is 21.0 Å². The summed E-state index contributed by atoms with van der Waals surface area (Å²) in [7, 11) is 3.31. The highest BCUT2D eigenvalue weighted by atomic mass is 16.7. The summed E-state index contributed by atoms with van der Waals surface area (Å²) in [5, 5.41) is 0. The quantitative estimate of drug-likeness (QED) is 0.730. The van der Waals surface area contributed by atoms with E-state index in [-0.39, 0.29) is 6.79 Å². The van der Waals surface area contributed by atoms with E-state index in [1.54, 1.807) is 14.2 Å². The van der Waals surface area contributed by atoms with Gasteiger partial charge in [-0.25, -0.2) is 0 Å². The maximum Gasteiger partial charge on any atom is 0.188 e. The molecule has 0 fully saturated rings. The summed E-state index contributed by atoms with van der Waals surface area (Å²) >= 11 is 0. The van der Waals surface area contributed by atoms with Gasteiger partial charge in [-0.1, -0.05) is 12.2 Å². The van der Waals surface area contributed by atoms with E-state index in [1.165, 1.54) is 5.56 Å². The van der Waals surface area contributed by atoms with Gasteiger partial charge in [0.05, 0.1) is 7.11 Å². The van der Waals surface area contributed by atoms with E-state index in [2.05, 4.69) is 12.2 Å². The summed E-state index contributed by atoms with van der Waals surface area (Å²) in [5.41, 5.74) is 2.33. The number of fused-ring (bicyclic) bond motifs is 1. The molecule has 0 spiro atoms. The lowest BCUT2D eigenvalue weighted by molar-refractivity contribution is 0.0508. The van der Waals surface area contributed by atoms with Crippen LogP contribution in [0.4, 0.5) is 0 Å². The van der Waals surface area contributed by atoms with Gasteiger partial charge in [0, 0.05) is 18.2 Å². The molecule has 16 heavy (non-hydrogen) atoms. The molecule has 0 heterocycles. The van der Waals surface area contributed by atoms with Crippen molar-refractivity contribution in [1.82, 2.24) is 0 Å². The molecule has 0 aromatic heterocycles. The molecule has 1 aromatic rings. The number of allylic oxidation sites excluding steroid dienone is 1. The minimum Gasteiger partial charge on any atom is -0.496 e. The van der Waals surface area contributed by atoms with E-state index in [0.717, 1.165) is 29.9 Å². The van der Waals surface area contributed by atoms with Crippen LogP contribution >= 0.6 is 0 Å². The lowest BCUT2D eigenvalue weighted by Crippen LogP contribution is -2.05. The minimum atomic E-state index is 0.270. The van der Waals surface area contributed by atoms with E-state index in [0.29, 0.717) is 0 Å². The van der Waals surface area contributed by atoms with Crippen LogP contribution < -0.4 is 9.47 Å². The number of methoxy groups -OCH3 is 2. The van der Waals surface area contributed by atoms with E-state index < -0.39 is 0 Å². The molecule has 0 saturated carbocycles. The predicted octanol–water partition coefficient (Wildman–Crippen LogP) is 2.64. The van der Waals surface area contributed by atoms with Gasteiger partial charge >= 0.3 is 0 Å². The molecule has 2 rings (SSSR count). The van der Waals surface area contributed by atoms with Gasteiger partial charge in [0.2, 0.25) is 0 Å². The minimum absolute atomic E-state index is 0.270. The summed E-state index contributed by atoms with van der Waals surface area (Å²) in [6, 6.07) is 3.87. The van der Waals surface area contributed by atoms with Gasteiger partial charge in [-0.05, 0) is 25.0 Å². The maximum atomic E-state index is 5.52. The molecular weight excluding hydrogens is 204 g/mol. The first kappa shape index (κ1) is 11.0. The van der Waals surface area contributed by atoms with Crippen molar-refractivity contribution in [1.29, 1.82) is 0 Å². The summed E-state index contributed by atoms with van der Waals surface area (Å²) < 4.78 is 15.8. The third kappa shape index (κ3) is 2.04. The van der Waals surface area contributed by atoms with Gasteiger partial charge in [0.15, 0.2) is 6.79 Å². The van der Waals surface area contributed by atoms with Crippen LogP contribution in [-0.2, 0) is 11.2 Å². The van der Waals surface area contributed by atoms with Crippen molar-refractivity contribution >= 4 is 6.08 Å². The van der Waals surface area contributed by atoms with Crippen molar-refractivity contribution in [3.05, 3.63) is 29.3 Å². The van der Waals surface area contributed by atoms with E-state index >= 15 is 0 Å². The zero-order valence-corrected chi connectivity index (χ0v) is 9.66. The smallest absolute Gasteiger partial charge is 0.188 e. The Hall–Kier alpha value is -1.48. The van der Waals surface area contributed by atoms with E-state index in [4.69, 9.17) is 14.2 Å². The van der Waals surface area contributed by atoms with Crippen molar-refractivity contribution in [3.63, 3.8) is 0 Å². The molecule has 0 radical (unpaired) electrons. The lowest BCUT2D eigenvalue weighted by atomic mass is 9.95. The largest absolute Gasteiger partial charge is 0.496 e. The van der Waals surface area contributed by atoms with Gasteiger partial charge in [0.25, 0.3) is 0 Å². The molecule has 0 aliphatic heterocycles. The van der Waals surface area contributed by atoms with Gasteiger partial charge in [-0.15, -0.1) is 0 Å². The molecule has 3 heteroatoms. The molecule has 1 aliphatic carbocycles. The first-order valence-electron chi connectivity index (χ1n) is 5.35. The second-order valence-electron chi connectivity index (χ2n) is 3.65. The van der Waals surface area contributed by atoms with Crippen molar-refractivity contribution in [3.8, 4) is 11.5 Å². The fourth-order valence-electron chi connectivity index (χ4n) is 1.93. The Labute approximate surface area is 95.6 Å². The average molecular weight is 220 g/mol. The number of rotatable bonds is 4. The molecule has 0 N–H and O–H groups in total. The molecule has 1 aliphatic rings. The first-order chi connectivity index (χ1) is 7.86. The van der Waals surface area contributed by atoms with E-state index in [1.807, 2.05) is 12.1 Å². The van der Waals surface area contributed by atoms with Crippen molar-refractivity contribution in [2.45, 2.75) is 12.8 Å². The van der Waals surface area contributed by atoms with Crippen LogP contribution in [0.5, 0.6) is 11.5 Å². The average Bonchev–Trinajstić information content (AvgIpc) is 2.36. The highest BCUT2D eigenvalue weighted by Gasteiger charge is 2.15. The number of ether oxygens (including phenoxy) is 3. The van der Waals surface area contributed by atoms with Gasteiger partial charge in [-0.3, -0.25) is 0 Å². The molecule has 0 unspecified atom stereocenters. The molecule has 0 atom stereocenters. The molecular formula is C13H16O3. The lowest BCUT2D eigenvalue weighted by Gasteiger charge is -2.18. The van der Waals surface area contributed by atoms with Crippen molar-refractivity contribution < 1.29 is 14.2 Å². The molecule has 0 bridgehead atoms. The van der Waals surface area contributed by atoms with Crippen LogP contribution in [0.15, 0.2) is 18.2 Å². The first-order valence-corrected chi connectivity index (χ1v) is 5.35. The van der Waals surface area contributed by atoms with Crippen molar-refractivity contribution in [2.24, 2.45) is 0 Å². The normalized spacial score (nSPS) is 13.4. The second kappa shape index (κ2) is 5.03. The second-order valence-corrected chi connectivity index (χ2v) is 3.65. The maximum absolute atomic E-state index is 5.52. The highest BCUT2D eigenvalue weighted by molar-refractivity contribution is 5.66. The molecule has 3 nitrogen and oxygen atoms in total. The SMILES string of the molecule is COCOc1ccc(OC)c2c1C=CCC2. The standard InChI is InChI=1S/C13H16O3/c1-14-9-16-13-8-7-12(15-2)10-5-3-4-6-11(10)13/h4,6-8H,3,5,9H2,1-2H3. The third-order valence-electron chi connectivity index (χ3n) is 2.67. The van der Waals surface area contributed by atoms with Gasteiger partial charge < -0.3 is 14.2 Å². The van der Waals surface area contributed by atoms with Crippen LogP contribution in [0.1, 0.15) is 17.5 Å². The zero-order valence-electron chi connectivity index (χ0n) is 9.66. The molecule has 0 amide bonds. The third-order valence-corrected chi connectivity index (χ3v) is 2.67. The summed E-state index contributed by atoms with van der Waals surface area (Å²) in [4.78, 5) is 0. The van der Waals surface area contributed by atoms with Crippen molar-refractivity contribution in [2.75, 3.05) is 21.0 Å². The Balaban J connectivity index is 2.37. The fourth-order valence-corrected chi connectivity index (χ4v) is 1.93. The Morgan fingerprint density at radius 1 is 1.19 bits per heavy atom. The summed E-state index contributed by atoms with van der Waals surface area (Å²) in [6.45, 7) is 0.270. The molecule has 1 aromatic carbocycles. The van der Waals surface area contributed by atoms with Gasteiger partial charge in [0.1, 0.15) is 11.5 Å². The fraction of sp³-hybridized carbons (Fsp3) is 0.385. The van der Waals surface area contributed by atoms with Crippen LogP contribution in [0, 0.1) is 0 Å². The topological polar surface area (TPSA) is 27.7 Å². The van der Waals surface area contributed by atoms with Gasteiger partial charge in [-0.2, -0.15) is 0 Å². The summed E-state index contributed by atoms with van der Waals surface area (Å²) in [5.74, 6) is 1.79. The Morgan fingerprint density at radius 2 is 2.00 bits per heavy atom. The highest BCUT2D eigenvalue weighted by Crippen LogP contribution is 2.35. The van der Waals surface area contributed by atoms with Crippen LogP contribution in [0.3, 0.4) is 0 Å². The Bertz CT molecular complexity index is 396. The predicted molar refractivity (Wildman–Crippen MR) is 62.9 cm³/mol. The number of hydrogen-bond donors (Lipinski definition) is 0. The number of benzene rings is 1. The molecule has 0 saturated heterocycles.